The van der Waals surface area contributed by atoms with Crippen molar-refractivity contribution in [3.8, 4) is 11.6 Å². The summed E-state index contributed by atoms with van der Waals surface area (Å²) >= 11 is 5.94. The van der Waals surface area contributed by atoms with E-state index in [0.717, 1.165) is 0 Å². The van der Waals surface area contributed by atoms with E-state index in [0.29, 0.717) is 21.6 Å². The molecule has 3 aromatic rings. The van der Waals surface area contributed by atoms with Gasteiger partial charge in [0.1, 0.15) is 0 Å². The van der Waals surface area contributed by atoms with E-state index in [1.165, 1.54) is 16.7 Å². The van der Waals surface area contributed by atoms with Crippen molar-refractivity contribution in [3.63, 3.8) is 0 Å². The average molecular weight is 376 g/mol. The predicted molar refractivity (Wildman–Crippen MR) is 83.9 cm³/mol. The Morgan fingerprint density at radius 2 is 1.67 bits per heavy atom. The van der Waals surface area contributed by atoms with E-state index in [2.05, 4.69) is 4.18 Å². The largest absolute Gasteiger partial charge is 0.534 e. The minimum Gasteiger partial charge on any atom is -0.357 e. The Morgan fingerprint density at radius 3 is 2.29 bits per heavy atom. The molecule has 1 heterocycles. The molecule has 3 rings (SSSR count). The summed E-state index contributed by atoms with van der Waals surface area (Å²) in [6, 6.07) is 14.1. The van der Waals surface area contributed by atoms with Crippen LogP contribution in [0.25, 0.3) is 16.6 Å². The van der Waals surface area contributed by atoms with Crippen LogP contribution in [0.5, 0.6) is 5.88 Å². The van der Waals surface area contributed by atoms with Gasteiger partial charge in [0.15, 0.2) is 0 Å². The zero-order valence-electron chi connectivity index (χ0n) is 11.8. The molecule has 2 aromatic carbocycles. The van der Waals surface area contributed by atoms with Gasteiger partial charge < -0.3 is 4.18 Å². The quantitative estimate of drug-likeness (QED) is 0.500. The van der Waals surface area contributed by atoms with Crippen molar-refractivity contribution in [2.45, 2.75) is 5.51 Å². The van der Waals surface area contributed by atoms with Crippen molar-refractivity contribution in [1.29, 1.82) is 0 Å². The molecule has 126 valence electrons. The van der Waals surface area contributed by atoms with Gasteiger partial charge in [0.25, 0.3) is 0 Å². The van der Waals surface area contributed by atoms with Crippen LogP contribution < -0.4 is 4.18 Å². The van der Waals surface area contributed by atoms with E-state index >= 15 is 0 Å². The van der Waals surface area contributed by atoms with Crippen molar-refractivity contribution in [2.75, 3.05) is 0 Å². The molecule has 0 aliphatic carbocycles. The summed E-state index contributed by atoms with van der Waals surface area (Å²) in [4.78, 5) is 0. The number of alkyl halides is 3. The van der Waals surface area contributed by atoms with Crippen molar-refractivity contribution in [3.05, 3.63) is 59.6 Å². The van der Waals surface area contributed by atoms with Gasteiger partial charge in [0.2, 0.25) is 5.88 Å². The predicted octanol–water partition coefficient (Wildman–Crippen LogP) is 4.51. The first-order chi connectivity index (χ1) is 11.2. The Kier molecular flexibility index (Phi) is 3.97. The van der Waals surface area contributed by atoms with Gasteiger partial charge in [-0.2, -0.15) is 21.6 Å². The number of hydrogen-bond acceptors (Lipinski definition) is 3. The number of aromatic nitrogens is 1. The molecule has 0 amide bonds. The first-order valence-corrected chi connectivity index (χ1v) is 8.35. The van der Waals surface area contributed by atoms with E-state index in [4.69, 9.17) is 11.6 Å². The Bertz CT molecular complexity index is 998. The summed E-state index contributed by atoms with van der Waals surface area (Å²) in [6.07, 6.45) is 0. The lowest BCUT2D eigenvalue weighted by atomic mass is 10.2. The third-order valence-corrected chi connectivity index (χ3v) is 4.42. The number of hydrogen-bond donors (Lipinski definition) is 0. The molecule has 0 unspecified atom stereocenters. The molecule has 0 spiro atoms. The second-order valence-electron chi connectivity index (χ2n) is 4.84. The molecule has 0 saturated carbocycles. The highest BCUT2D eigenvalue weighted by molar-refractivity contribution is 7.87. The minimum atomic E-state index is -5.79. The second-order valence-corrected chi connectivity index (χ2v) is 6.81. The Balaban J connectivity index is 2.25. The third kappa shape index (κ3) is 2.94. The van der Waals surface area contributed by atoms with Crippen molar-refractivity contribution in [1.82, 2.24) is 4.57 Å². The highest BCUT2D eigenvalue weighted by Gasteiger charge is 2.49. The zero-order valence-corrected chi connectivity index (χ0v) is 13.4. The van der Waals surface area contributed by atoms with E-state index in [1.54, 1.807) is 42.5 Å². The zero-order chi connectivity index (χ0) is 17.5. The summed E-state index contributed by atoms with van der Waals surface area (Å²) in [5, 5.41) is 0.832. The molecule has 4 nitrogen and oxygen atoms in total. The van der Waals surface area contributed by atoms with E-state index in [1.807, 2.05) is 0 Å². The van der Waals surface area contributed by atoms with Crippen molar-refractivity contribution in [2.24, 2.45) is 0 Å². The van der Waals surface area contributed by atoms with Crippen LogP contribution in [-0.4, -0.2) is 18.5 Å². The van der Waals surface area contributed by atoms with Gasteiger partial charge >= 0.3 is 15.6 Å². The number of nitrogens with zero attached hydrogens (tertiary/aromatic N) is 1. The number of para-hydroxylation sites is 1. The molecule has 0 saturated heterocycles. The van der Waals surface area contributed by atoms with Crippen LogP contribution in [-0.2, 0) is 10.1 Å². The fourth-order valence-corrected chi connectivity index (χ4v) is 2.82. The maximum Gasteiger partial charge on any atom is 0.534 e. The lowest BCUT2D eigenvalue weighted by molar-refractivity contribution is -0.0501. The fourth-order valence-electron chi connectivity index (χ4n) is 2.21. The highest BCUT2D eigenvalue weighted by atomic mass is 35.5. The number of benzene rings is 2. The normalized spacial score (nSPS) is 12.5. The van der Waals surface area contributed by atoms with Crippen LogP contribution in [0.3, 0.4) is 0 Å². The lowest BCUT2D eigenvalue weighted by Gasteiger charge is -2.13. The molecular weight excluding hydrogens is 367 g/mol. The van der Waals surface area contributed by atoms with Crippen LogP contribution in [0.15, 0.2) is 54.6 Å². The Labute approximate surface area is 140 Å². The van der Waals surface area contributed by atoms with Gasteiger partial charge in [-0.3, -0.25) is 4.57 Å². The van der Waals surface area contributed by atoms with E-state index in [9.17, 15) is 21.6 Å². The smallest absolute Gasteiger partial charge is 0.357 e. The Morgan fingerprint density at radius 1 is 1.00 bits per heavy atom. The summed E-state index contributed by atoms with van der Waals surface area (Å²) in [5.41, 5.74) is -4.67. The van der Waals surface area contributed by atoms with Gasteiger partial charge in [0.05, 0.1) is 5.52 Å². The summed E-state index contributed by atoms with van der Waals surface area (Å²) in [7, 11) is -5.79. The molecule has 0 fully saturated rings. The second kappa shape index (κ2) is 5.71. The summed E-state index contributed by atoms with van der Waals surface area (Å²) in [5.74, 6) is -0.476. The van der Waals surface area contributed by atoms with Gasteiger partial charge in [-0.1, -0.05) is 35.9 Å². The van der Waals surface area contributed by atoms with E-state index in [-0.39, 0.29) is 0 Å². The third-order valence-electron chi connectivity index (χ3n) is 3.23. The number of rotatable bonds is 3. The van der Waals surface area contributed by atoms with Gasteiger partial charge in [-0.05, 0) is 24.3 Å². The summed E-state index contributed by atoms with van der Waals surface area (Å²) in [6.45, 7) is 0. The van der Waals surface area contributed by atoms with Crippen molar-refractivity contribution < 1.29 is 25.8 Å². The Hall–Kier alpha value is -2.19. The van der Waals surface area contributed by atoms with Gasteiger partial charge in [0, 0.05) is 22.2 Å². The molecule has 0 radical (unpaired) electrons. The van der Waals surface area contributed by atoms with Gasteiger partial charge in [-0.15, -0.1) is 0 Å². The fraction of sp³-hybridized carbons (Fsp3) is 0.0667. The van der Waals surface area contributed by atoms with Crippen LogP contribution in [0, 0.1) is 0 Å². The topological polar surface area (TPSA) is 48.3 Å². The maximum atomic E-state index is 12.6. The molecule has 0 bridgehead atoms. The van der Waals surface area contributed by atoms with E-state index < -0.39 is 21.5 Å². The van der Waals surface area contributed by atoms with Crippen LogP contribution in [0.1, 0.15) is 0 Å². The minimum absolute atomic E-state index is 0.350. The first kappa shape index (κ1) is 16.7. The summed E-state index contributed by atoms with van der Waals surface area (Å²) < 4.78 is 66.2. The monoisotopic (exact) mass is 375 g/mol. The molecule has 0 atom stereocenters. The van der Waals surface area contributed by atoms with Gasteiger partial charge in [-0.25, -0.2) is 0 Å². The molecular formula is C15H9ClF3NO3S. The molecule has 0 aliphatic rings. The lowest BCUT2D eigenvalue weighted by Crippen LogP contribution is -2.28. The molecule has 0 aliphatic heterocycles. The maximum absolute atomic E-state index is 12.6. The number of fused-ring (bicyclic) bond motifs is 1. The highest BCUT2D eigenvalue weighted by Crippen LogP contribution is 2.34. The van der Waals surface area contributed by atoms with Crippen molar-refractivity contribution >= 4 is 32.6 Å². The first-order valence-electron chi connectivity index (χ1n) is 6.56. The van der Waals surface area contributed by atoms with Crippen LogP contribution in [0.2, 0.25) is 5.02 Å². The standard InChI is InChI=1S/C15H9ClF3NO3S/c16-11-7-6-10-8-14(23-24(21,22)15(17,18)19)20(13(10)9-11)12-4-2-1-3-5-12/h1-9H. The average Bonchev–Trinajstić information content (AvgIpc) is 2.83. The SMILES string of the molecule is O=S(=O)(Oc1cc2ccc(Cl)cc2n1-c1ccccc1)C(F)(F)F. The molecule has 1 aromatic heterocycles. The van der Waals surface area contributed by atoms with Crippen LogP contribution >= 0.6 is 11.6 Å². The molecule has 9 heteroatoms. The number of halogens is 4. The molecule has 0 N–H and O–H groups in total. The molecule has 24 heavy (non-hydrogen) atoms. The van der Waals surface area contributed by atoms with Crippen LogP contribution in [0.4, 0.5) is 13.2 Å².